The van der Waals surface area contributed by atoms with Crippen molar-refractivity contribution in [3.05, 3.63) is 40.4 Å². The molecule has 1 unspecified atom stereocenters. The van der Waals surface area contributed by atoms with Gasteiger partial charge in [0.2, 0.25) is 11.8 Å². The van der Waals surface area contributed by atoms with Gasteiger partial charge >= 0.3 is 0 Å². The van der Waals surface area contributed by atoms with Gasteiger partial charge in [-0.05, 0) is 37.3 Å². The fraction of sp³-hybridized carbons (Fsp3) is 0.389. The second-order valence-corrected chi connectivity index (χ2v) is 7.41. The third kappa shape index (κ3) is 2.94. The number of aromatic nitrogens is 1. The number of aryl methyl sites for hydroxylation is 2. The second kappa shape index (κ2) is 6.36. The van der Waals surface area contributed by atoms with Gasteiger partial charge in [-0.2, -0.15) is 0 Å². The van der Waals surface area contributed by atoms with Crippen LogP contribution in [0.15, 0.2) is 24.3 Å². The van der Waals surface area contributed by atoms with E-state index in [2.05, 4.69) is 15.6 Å². The molecule has 124 valence electrons. The van der Waals surface area contributed by atoms with E-state index in [9.17, 15) is 9.59 Å². The molecule has 0 bridgehead atoms. The summed E-state index contributed by atoms with van der Waals surface area (Å²) in [5, 5.41) is 6.38. The van der Waals surface area contributed by atoms with Crippen molar-refractivity contribution in [3.8, 4) is 0 Å². The molecule has 2 N–H and O–H groups in total. The Bertz CT molecular complexity index is 776. The standard InChI is InChI=1S/C18H19N3O2S/c22-16(10-12-11-6-4-5-7-13(11)19-17(12)23)21-18-20-14-8-2-1-3-9-15(14)24-18/h4-7,12H,1-3,8-10H2,(H,19,23)(H,20,21,22). The molecule has 6 heteroatoms. The molecule has 0 spiro atoms. The third-order valence-electron chi connectivity index (χ3n) is 4.64. The Morgan fingerprint density at radius 2 is 2.08 bits per heavy atom. The van der Waals surface area contributed by atoms with Crippen LogP contribution in [0.1, 0.15) is 47.7 Å². The van der Waals surface area contributed by atoms with Crippen LogP contribution < -0.4 is 10.6 Å². The first-order valence-electron chi connectivity index (χ1n) is 8.39. The number of nitrogens with zero attached hydrogens (tertiary/aromatic N) is 1. The lowest BCUT2D eigenvalue weighted by Crippen LogP contribution is -2.20. The van der Waals surface area contributed by atoms with Gasteiger partial charge in [0, 0.05) is 17.0 Å². The minimum Gasteiger partial charge on any atom is -0.325 e. The Labute approximate surface area is 144 Å². The summed E-state index contributed by atoms with van der Waals surface area (Å²) < 4.78 is 0. The molecule has 24 heavy (non-hydrogen) atoms. The molecule has 0 radical (unpaired) electrons. The van der Waals surface area contributed by atoms with Gasteiger partial charge in [-0.3, -0.25) is 9.59 Å². The largest absolute Gasteiger partial charge is 0.325 e. The van der Waals surface area contributed by atoms with E-state index in [1.807, 2.05) is 24.3 Å². The SMILES string of the molecule is O=C(CC1C(=O)Nc2ccccc21)Nc1nc2c(s1)CCCCC2. The minimum atomic E-state index is -0.418. The maximum Gasteiger partial charge on any atom is 0.232 e. The Hall–Kier alpha value is -2.21. The molecule has 5 nitrogen and oxygen atoms in total. The molecule has 2 aliphatic rings. The van der Waals surface area contributed by atoms with Crippen LogP contribution in [-0.4, -0.2) is 16.8 Å². The number of amides is 2. The first-order valence-corrected chi connectivity index (χ1v) is 9.20. The zero-order chi connectivity index (χ0) is 16.5. The number of thiazole rings is 1. The quantitative estimate of drug-likeness (QED) is 0.840. The van der Waals surface area contributed by atoms with Crippen LogP contribution in [0.3, 0.4) is 0 Å². The van der Waals surface area contributed by atoms with Crippen molar-refractivity contribution in [3.63, 3.8) is 0 Å². The van der Waals surface area contributed by atoms with E-state index in [-0.39, 0.29) is 18.2 Å². The third-order valence-corrected chi connectivity index (χ3v) is 5.71. The molecule has 2 aromatic rings. The average Bonchev–Trinajstić information content (AvgIpc) is 3.00. The highest BCUT2D eigenvalue weighted by molar-refractivity contribution is 7.15. The van der Waals surface area contributed by atoms with Gasteiger partial charge in [0.25, 0.3) is 0 Å². The lowest BCUT2D eigenvalue weighted by Gasteiger charge is -2.08. The fourth-order valence-corrected chi connectivity index (χ4v) is 4.48. The molecule has 1 aromatic heterocycles. The first-order chi connectivity index (χ1) is 11.7. The van der Waals surface area contributed by atoms with E-state index in [0.717, 1.165) is 29.8 Å². The van der Waals surface area contributed by atoms with Gasteiger partial charge in [-0.25, -0.2) is 4.98 Å². The van der Waals surface area contributed by atoms with Crippen molar-refractivity contribution in [1.82, 2.24) is 4.98 Å². The molecule has 2 amide bonds. The van der Waals surface area contributed by atoms with Crippen molar-refractivity contribution >= 4 is 34.0 Å². The van der Waals surface area contributed by atoms with E-state index in [4.69, 9.17) is 0 Å². The lowest BCUT2D eigenvalue weighted by atomic mass is 9.97. The molecular weight excluding hydrogens is 322 g/mol. The number of para-hydroxylation sites is 1. The first kappa shape index (κ1) is 15.3. The molecule has 1 atom stereocenters. The number of benzene rings is 1. The van der Waals surface area contributed by atoms with E-state index in [1.165, 1.54) is 24.1 Å². The number of nitrogens with one attached hydrogen (secondary N) is 2. The zero-order valence-electron chi connectivity index (χ0n) is 13.3. The van der Waals surface area contributed by atoms with Crippen molar-refractivity contribution in [2.24, 2.45) is 0 Å². The summed E-state index contributed by atoms with van der Waals surface area (Å²) in [6, 6.07) is 7.53. The smallest absolute Gasteiger partial charge is 0.232 e. The predicted octanol–water partition coefficient (Wildman–Crippen LogP) is 3.48. The molecule has 0 fully saturated rings. The molecular formula is C18H19N3O2S. The Kier molecular flexibility index (Phi) is 4.06. The van der Waals surface area contributed by atoms with Crippen LogP contribution in [0.5, 0.6) is 0 Å². The molecule has 0 saturated carbocycles. The highest BCUT2D eigenvalue weighted by atomic mass is 32.1. The Morgan fingerprint density at radius 1 is 1.25 bits per heavy atom. The van der Waals surface area contributed by atoms with E-state index in [1.54, 1.807) is 11.3 Å². The number of anilines is 2. The zero-order valence-corrected chi connectivity index (χ0v) is 14.1. The highest BCUT2D eigenvalue weighted by Gasteiger charge is 2.32. The van der Waals surface area contributed by atoms with E-state index >= 15 is 0 Å². The van der Waals surface area contributed by atoms with E-state index < -0.39 is 5.92 Å². The maximum absolute atomic E-state index is 12.4. The number of hydrogen-bond donors (Lipinski definition) is 2. The summed E-state index contributed by atoms with van der Waals surface area (Å²) in [6.07, 6.45) is 5.82. The van der Waals surface area contributed by atoms with Gasteiger partial charge in [0.15, 0.2) is 5.13 Å². The van der Waals surface area contributed by atoms with Crippen LogP contribution >= 0.6 is 11.3 Å². The monoisotopic (exact) mass is 341 g/mol. The van der Waals surface area contributed by atoms with Crippen molar-refractivity contribution < 1.29 is 9.59 Å². The van der Waals surface area contributed by atoms with Crippen LogP contribution in [0.4, 0.5) is 10.8 Å². The lowest BCUT2D eigenvalue weighted by molar-refractivity contribution is -0.122. The maximum atomic E-state index is 12.4. The minimum absolute atomic E-state index is 0.110. The summed E-state index contributed by atoms with van der Waals surface area (Å²) in [6.45, 7) is 0. The van der Waals surface area contributed by atoms with Gasteiger partial charge < -0.3 is 10.6 Å². The summed E-state index contributed by atoms with van der Waals surface area (Å²) in [7, 11) is 0. The van der Waals surface area contributed by atoms with Gasteiger partial charge in [0.1, 0.15) is 0 Å². The number of fused-ring (bicyclic) bond motifs is 2. The normalized spacial score (nSPS) is 19.2. The molecule has 1 aromatic carbocycles. The van der Waals surface area contributed by atoms with Crippen LogP contribution in [0.2, 0.25) is 0 Å². The van der Waals surface area contributed by atoms with Crippen LogP contribution in [-0.2, 0) is 22.4 Å². The van der Waals surface area contributed by atoms with Crippen molar-refractivity contribution in [2.75, 3.05) is 10.6 Å². The highest BCUT2D eigenvalue weighted by Crippen LogP contribution is 2.35. The average molecular weight is 341 g/mol. The molecule has 4 rings (SSSR count). The van der Waals surface area contributed by atoms with Gasteiger partial charge in [-0.1, -0.05) is 24.6 Å². The topological polar surface area (TPSA) is 71.1 Å². The van der Waals surface area contributed by atoms with Crippen LogP contribution in [0, 0.1) is 0 Å². The van der Waals surface area contributed by atoms with Crippen molar-refractivity contribution in [2.45, 2.75) is 44.4 Å². The number of carbonyl (C=O) groups excluding carboxylic acids is 2. The van der Waals surface area contributed by atoms with E-state index in [0.29, 0.717) is 5.13 Å². The van der Waals surface area contributed by atoms with Gasteiger partial charge in [-0.15, -0.1) is 11.3 Å². The number of rotatable bonds is 3. The molecule has 2 heterocycles. The number of carbonyl (C=O) groups is 2. The number of hydrogen-bond acceptors (Lipinski definition) is 4. The molecule has 1 aliphatic carbocycles. The Morgan fingerprint density at radius 3 is 3.00 bits per heavy atom. The fourth-order valence-electron chi connectivity index (χ4n) is 3.42. The summed E-state index contributed by atoms with van der Waals surface area (Å²) in [5.41, 5.74) is 2.84. The van der Waals surface area contributed by atoms with Crippen molar-refractivity contribution in [1.29, 1.82) is 0 Å². The molecule has 0 saturated heterocycles. The predicted molar refractivity (Wildman–Crippen MR) is 94.4 cm³/mol. The summed E-state index contributed by atoms with van der Waals surface area (Å²) in [5.74, 6) is -0.684. The Balaban J connectivity index is 1.45. The van der Waals surface area contributed by atoms with Crippen LogP contribution in [0.25, 0.3) is 0 Å². The summed E-state index contributed by atoms with van der Waals surface area (Å²) in [4.78, 5) is 30.4. The molecule has 1 aliphatic heterocycles. The van der Waals surface area contributed by atoms with Gasteiger partial charge in [0.05, 0.1) is 11.6 Å². The summed E-state index contributed by atoms with van der Waals surface area (Å²) >= 11 is 1.58. The second-order valence-electron chi connectivity index (χ2n) is 6.33.